The average Bonchev–Trinajstić information content (AvgIpc) is 2.91. The summed E-state index contributed by atoms with van der Waals surface area (Å²) in [5, 5.41) is 0. The Morgan fingerprint density at radius 3 is 2.28 bits per heavy atom. The zero-order valence-corrected chi connectivity index (χ0v) is 14.5. The van der Waals surface area contributed by atoms with Gasteiger partial charge < -0.3 is 4.74 Å². The molecule has 25 heavy (non-hydrogen) atoms. The lowest BCUT2D eigenvalue weighted by molar-refractivity contribution is 0.413. The minimum atomic E-state index is -3.62. The van der Waals surface area contributed by atoms with E-state index in [-0.39, 0.29) is 0 Å². The third kappa shape index (κ3) is 2.35. The van der Waals surface area contributed by atoms with Gasteiger partial charge in [0.2, 0.25) is 10.0 Å². The molecule has 1 aliphatic heterocycles. The highest BCUT2D eigenvalue weighted by Gasteiger charge is 2.48. The maximum absolute atomic E-state index is 12.8. The van der Waals surface area contributed by atoms with Crippen LogP contribution in [0.3, 0.4) is 0 Å². The molecule has 0 aliphatic carbocycles. The number of hydrogen-bond donors (Lipinski definition) is 1. The van der Waals surface area contributed by atoms with Crippen LogP contribution in [0.1, 0.15) is 16.7 Å². The molecule has 0 saturated carbocycles. The van der Waals surface area contributed by atoms with Crippen molar-refractivity contribution in [2.24, 2.45) is 0 Å². The molecule has 0 amide bonds. The van der Waals surface area contributed by atoms with Gasteiger partial charge in [-0.2, -0.15) is 4.72 Å². The van der Waals surface area contributed by atoms with Gasteiger partial charge in [0, 0.05) is 5.56 Å². The average molecular weight is 351 g/mol. The molecule has 1 heterocycles. The van der Waals surface area contributed by atoms with Gasteiger partial charge in [-0.25, -0.2) is 8.42 Å². The predicted octanol–water partition coefficient (Wildman–Crippen LogP) is 3.28. The van der Waals surface area contributed by atoms with Crippen molar-refractivity contribution >= 4 is 10.0 Å². The largest absolute Gasteiger partial charge is 0.497 e. The van der Waals surface area contributed by atoms with E-state index in [4.69, 9.17) is 4.74 Å². The van der Waals surface area contributed by atoms with Crippen molar-refractivity contribution in [3.05, 3.63) is 95.6 Å². The van der Waals surface area contributed by atoms with Crippen molar-refractivity contribution in [3.8, 4) is 5.75 Å². The molecule has 126 valence electrons. The molecule has 1 N–H and O–H groups in total. The van der Waals surface area contributed by atoms with Crippen LogP contribution >= 0.6 is 0 Å². The maximum atomic E-state index is 12.8. The highest BCUT2D eigenvalue weighted by Crippen LogP contribution is 2.45. The molecule has 4 nitrogen and oxygen atoms in total. The van der Waals surface area contributed by atoms with E-state index in [0.29, 0.717) is 10.6 Å². The van der Waals surface area contributed by atoms with Gasteiger partial charge in [0.05, 0.1) is 12.0 Å². The standard InChI is InChI=1S/C20H17NO3S/c1-24-17-11-7-10-16(14-17)20(15-8-3-2-4-9-15)18-12-5-6-13-19(18)25(22,23)21-20/h2-14,21H,1H3/t20-/m1/s1. The summed E-state index contributed by atoms with van der Waals surface area (Å²) in [5.41, 5.74) is 1.41. The summed E-state index contributed by atoms with van der Waals surface area (Å²) in [6.07, 6.45) is 0. The molecule has 0 unspecified atom stereocenters. The lowest BCUT2D eigenvalue weighted by Gasteiger charge is -2.31. The zero-order chi connectivity index (χ0) is 17.5. The maximum Gasteiger partial charge on any atom is 0.242 e. The van der Waals surface area contributed by atoms with Crippen molar-refractivity contribution in [3.63, 3.8) is 0 Å². The van der Waals surface area contributed by atoms with Gasteiger partial charge in [0.15, 0.2) is 0 Å². The fraction of sp³-hybridized carbons (Fsp3) is 0.100. The number of rotatable bonds is 3. The molecule has 0 bridgehead atoms. The van der Waals surface area contributed by atoms with E-state index in [0.717, 1.165) is 16.7 Å². The van der Waals surface area contributed by atoms with Gasteiger partial charge in [-0.1, -0.05) is 60.7 Å². The number of nitrogens with one attached hydrogen (secondary N) is 1. The summed E-state index contributed by atoms with van der Waals surface area (Å²) in [5.74, 6) is 0.677. The highest BCUT2D eigenvalue weighted by atomic mass is 32.2. The molecule has 1 aliphatic rings. The first-order chi connectivity index (χ1) is 12.1. The molecule has 0 fully saturated rings. The van der Waals surface area contributed by atoms with Crippen molar-refractivity contribution in [1.82, 2.24) is 4.72 Å². The Kier molecular flexibility index (Phi) is 3.63. The number of benzene rings is 3. The van der Waals surface area contributed by atoms with Crippen LogP contribution in [-0.2, 0) is 15.6 Å². The zero-order valence-electron chi connectivity index (χ0n) is 13.6. The molecule has 0 spiro atoms. The molecular formula is C20H17NO3S. The summed E-state index contributed by atoms with van der Waals surface area (Å²) in [4.78, 5) is 0.307. The van der Waals surface area contributed by atoms with Crippen LogP contribution in [0.5, 0.6) is 5.75 Å². The van der Waals surface area contributed by atoms with Gasteiger partial charge in [-0.05, 0) is 29.3 Å². The molecule has 3 aromatic carbocycles. The van der Waals surface area contributed by atoms with E-state index in [2.05, 4.69) is 4.72 Å². The molecule has 5 heteroatoms. The summed E-state index contributed by atoms with van der Waals surface area (Å²) < 4.78 is 33.9. The summed E-state index contributed by atoms with van der Waals surface area (Å²) in [6.45, 7) is 0. The van der Waals surface area contributed by atoms with Gasteiger partial charge in [0.25, 0.3) is 0 Å². The third-order valence-corrected chi connectivity index (χ3v) is 6.09. The van der Waals surface area contributed by atoms with E-state index >= 15 is 0 Å². The van der Waals surface area contributed by atoms with Crippen LogP contribution in [0.4, 0.5) is 0 Å². The third-order valence-electron chi connectivity index (χ3n) is 4.58. The Morgan fingerprint density at radius 1 is 0.840 bits per heavy atom. The van der Waals surface area contributed by atoms with Gasteiger partial charge in [-0.15, -0.1) is 0 Å². The first kappa shape index (κ1) is 15.9. The minimum Gasteiger partial charge on any atom is -0.497 e. The van der Waals surface area contributed by atoms with Crippen LogP contribution in [0.25, 0.3) is 0 Å². The normalized spacial score (nSPS) is 20.8. The number of sulfonamides is 1. The fourth-order valence-corrected chi connectivity index (χ4v) is 5.09. The van der Waals surface area contributed by atoms with Crippen molar-refractivity contribution in [2.45, 2.75) is 10.4 Å². The van der Waals surface area contributed by atoms with E-state index in [9.17, 15) is 8.42 Å². The van der Waals surface area contributed by atoms with Crippen LogP contribution in [0.15, 0.2) is 83.8 Å². The Hall–Kier alpha value is -2.63. The second-order valence-corrected chi connectivity index (χ2v) is 7.60. The molecule has 1 atom stereocenters. The molecule has 3 aromatic rings. The van der Waals surface area contributed by atoms with E-state index in [1.54, 1.807) is 19.2 Å². The quantitative estimate of drug-likeness (QED) is 0.788. The van der Waals surface area contributed by atoms with Crippen LogP contribution in [0, 0.1) is 0 Å². The predicted molar refractivity (Wildman–Crippen MR) is 96.1 cm³/mol. The molecule has 4 rings (SSSR count). The first-order valence-corrected chi connectivity index (χ1v) is 9.40. The summed E-state index contributed by atoms with van der Waals surface area (Å²) in [7, 11) is -2.02. The monoisotopic (exact) mass is 351 g/mol. The topological polar surface area (TPSA) is 55.4 Å². The fourth-order valence-electron chi connectivity index (χ4n) is 3.46. The smallest absolute Gasteiger partial charge is 0.242 e. The molecule has 0 radical (unpaired) electrons. The second kappa shape index (κ2) is 5.72. The van der Waals surface area contributed by atoms with Crippen LogP contribution in [0.2, 0.25) is 0 Å². The second-order valence-electron chi connectivity index (χ2n) is 5.95. The lowest BCUT2D eigenvalue weighted by Crippen LogP contribution is -2.41. The lowest BCUT2D eigenvalue weighted by atomic mass is 9.78. The van der Waals surface area contributed by atoms with Crippen molar-refractivity contribution < 1.29 is 13.2 Å². The minimum absolute atomic E-state index is 0.307. The van der Waals surface area contributed by atoms with Gasteiger partial charge >= 0.3 is 0 Å². The van der Waals surface area contributed by atoms with E-state index < -0.39 is 15.6 Å². The first-order valence-electron chi connectivity index (χ1n) is 7.91. The number of hydrogen-bond acceptors (Lipinski definition) is 3. The molecule has 0 saturated heterocycles. The Labute approximate surface area is 147 Å². The molecule has 0 aromatic heterocycles. The highest BCUT2D eigenvalue weighted by molar-refractivity contribution is 7.90. The van der Waals surface area contributed by atoms with Crippen LogP contribution in [-0.4, -0.2) is 15.5 Å². The number of methoxy groups -OCH3 is 1. The van der Waals surface area contributed by atoms with Gasteiger partial charge in [-0.3, -0.25) is 0 Å². The number of fused-ring (bicyclic) bond motifs is 1. The van der Waals surface area contributed by atoms with Crippen molar-refractivity contribution in [1.29, 1.82) is 0 Å². The number of ether oxygens (including phenoxy) is 1. The van der Waals surface area contributed by atoms with E-state index in [1.807, 2.05) is 66.7 Å². The van der Waals surface area contributed by atoms with Crippen LogP contribution < -0.4 is 9.46 Å². The summed E-state index contributed by atoms with van der Waals surface area (Å²) >= 11 is 0. The Balaban J connectivity index is 2.09. The molecular weight excluding hydrogens is 334 g/mol. The van der Waals surface area contributed by atoms with E-state index in [1.165, 1.54) is 0 Å². The van der Waals surface area contributed by atoms with Gasteiger partial charge in [0.1, 0.15) is 11.3 Å². The Morgan fingerprint density at radius 2 is 1.52 bits per heavy atom. The SMILES string of the molecule is COc1cccc([C@@]2(c3ccccc3)NS(=O)(=O)c3ccccc32)c1. The van der Waals surface area contributed by atoms with Crippen molar-refractivity contribution in [2.75, 3.05) is 7.11 Å². The summed E-state index contributed by atoms with van der Waals surface area (Å²) in [6, 6.07) is 24.2. The Bertz CT molecular complexity index is 1030.